The molecule has 2 aromatic rings. The van der Waals surface area contributed by atoms with E-state index in [2.05, 4.69) is 6.07 Å². The minimum atomic E-state index is -0.601. The normalized spacial score (nSPS) is 11.0. The van der Waals surface area contributed by atoms with Gasteiger partial charge in [-0.25, -0.2) is 4.79 Å². The average Bonchev–Trinajstić information content (AvgIpc) is 3.01. The molecule has 5 heteroatoms. The fourth-order valence-corrected chi connectivity index (χ4v) is 2.45. The summed E-state index contributed by atoms with van der Waals surface area (Å²) in [6.07, 6.45) is 5.46. The molecular weight excluding hydrogens is 296 g/mol. The van der Waals surface area contributed by atoms with Crippen LogP contribution in [0.15, 0.2) is 53.1 Å². The summed E-state index contributed by atoms with van der Waals surface area (Å²) >= 11 is 1.66. The smallest absolute Gasteiger partial charge is 0.348 e. The molecule has 0 radical (unpaired) electrons. The molecule has 1 heterocycles. The number of ether oxygens (including phenoxy) is 1. The van der Waals surface area contributed by atoms with Crippen molar-refractivity contribution in [3.05, 3.63) is 53.9 Å². The zero-order valence-corrected chi connectivity index (χ0v) is 13.3. The molecule has 0 saturated carbocycles. The van der Waals surface area contributed by atoms with Gasteiger partial charge in [0.1, 0.15) is 11.6 Å². The van der Waals surface area contributed by atoms with Crippen LogP contribution in [0, 0.1) is 11.3 Å². The average molecular weight is 312 g/mol. The van der Waals surface area contributed by atoms with Crippen LogP contribution in [0.5, 0.6) is 0 Å². The van der Waals surface area contributed by atoms with Crippen molar-refractivity contribution in [3.63, 3.8) is 0 Å². The fraction of sp³-hybridized carbons (Fsp3) is 0.176. The first-order chi connectivity index (χ1) is 10.7. The van der Waals surface area contributed by atoms with E-state index in [9.17, 15) is 4.79 Å². The Morgan fingerprint density at radius 3 is 2.91 bits per heavy atom. The van der Waals surface area contributed by atoms with Gasteiger partial charge in [-0.2, -0.15) is 5.26 Å². The second-order valence-electron chi connectivity index (χ2n) is 4.39. The quantitative estimate of drug-likeness (QED) is 0.366. The number of esters is 1. The van der Waals surface area contributed by atoms with Gasteiger partial charge in [-0.3, -0.25) is 0 Å². The number of aromatic nitrogens is 1. The highest BCUT2D eigenvalue weighted by molar-refractivity contribution is 7.98. The van der Waals surface area contributed by atoms with E-state index in [-0.39, 0.29) is 12.2 Å². The molecule has 1 aromatic carbocycles. The van der Waals surface area contributed by atoms with Crippen LogP contribution in [0.4, 0.5) is 0 Å². The molecule has 0 spiro atoms. The van der Waals surface area contributed by atoms with Crippen LogP contribution < -0.4 is 0 Å². The summed E-state index contributed by atoms with van der Waals surface area (Å²) in [6, 6.07) is 13.7. The van der Waals surface area contributed by atoms with Gasteiger partial charge in [-0.1, -0.05) is 6.07 Å². The van der Waals surface area contributed by atoms with Crippen molar-refractivity contribution in [1.82, 2.24) is 4.57 Å². The maximum absolute atomic E-state index is 11.7. The topological polar surface area (TPSA) is 55.0 Å². The first kappa shape index (κ1) is 15.9. The zero-order valence-electron chi connectivity index (χ0n) is 12.4. The van der Waals surface area contributed by atoms with Crippen LogP contribution in [0.25, 0.3) is 11.8 Å². The number of hydrogen-bond donors (Lipinski definition) is 0. The number of hydrogen-bond acceptors (Lipinski definition) is 4. The van der Waals surface area contributed by atoms with Gasteiger partial charge < -0.3 is 9.30 Å². The first-order valence-corrected chi connectivity index (χ1v) is 8.02. The highest BCUT2D eigenvalue weighted by Crippen LogP contribution is 2.21. The van der Waals surface area contributed by atoms with Crippen LogP contribution in [-0.2, 0) is 9.53 Å². The maximum atomic E-state index is 11.7. The minimum absolute atomic E-state index is 0.0113. The van der Waals surface area contributed by atoms with Crippen LogP contribution in [0.3, 0.4) is 0 Å². The molecule has 0 aliphatic carbocycles. The second-order valence-corrected chi connectivity index (χ2v) is 5.27. The molecular formula is C17H16N2O2S. The molecule has 0 atom stereocenters. The first-order valence-electron chi connectivity index (χ1n) is 6.80. The molecule has 2 rings (SSSR count). The molecule has 1 aromatic heterocycles. The third kappa shape index (κ3) is 3.60. The van der Waals surface area contributed by atoms with Crippen molar-refractivity contribution in [2.45, 2.75) is 11.8 Å². The predicted molar refractivity (Wildman–Crippen MR) is 87.8 cm³/mol. The summed E-state index contributed by atoms with van der Waals surface area (Å²) in [5.41, 5.74) is 1.72. The second kappa shape index (κ2) is 7.53. The van der Waals surface area contributed by atoms with Crippen molar-refractivity contribution in [2.24, 2.45) is 0 Å². The summed E-state index contributed by atoms with van der Waals surface area (Å²) in [5, 5.41) is 9.13. The number of thioether (sulfide) groups is 1. The van der Waals surface area contributed by atoms with Crippen molar-refractivity contribution < 1.29 is 9.53 Å². The Morgan fingerprint density at radius 2 is 2.23 bits per heavy atom. The Hall–Kier alpha value is -2.45. The van der Waals surface area contributed by atoms with E-state index in [0.717, 1.165) is 16.3 Å². The molecule has 0 aliphatic heterocycles. The SMILES string of the molecule is CCOC(=O)/C(C#N)=C\c1cccn1-c1cccc(SC)c1. The molecule has 4 nitrogen and oxygen atoms in total. The van der Waals surface area contributed by atoms with Gasteiger partial charge in [0, 0.05) is 22.5 Å². The summed E-state index contributed by atoms with van der Waals surface area (Å²) in [4.78, 5) is 12.9. The van der Waals surface area contributed by atoms with Crippen molar-refractivity contribution >= 4 is 23.8 Å². The third-order valence-electron chi connectivity index (χ3n) is 3.02. The van der Waals surface area contributed by atoms with E-state index in [0.29, 0.717) is 0 Å². The van der Waals surface area contributed by atoms with E-state index in [1.807, 2.05) is 53.4 Å². The Balaban J connectivity index is 2.41. The van der Waals surface area contributed by atoms with Crippen LogP contribution in [-0.4, -0.2) is 23.4 Å². The monoisotopic (exact) mass is 312 g/mol. The lowest BCUT2D eigenvalue weighted by atomic mass is 10.2. The molecule has 0 saturated heterocycles. The zero-order chi connectivity index (χ0) is 15.9. The van der Waals surface area contributed by atoms with Gasteiger partial charge in [0.25, 0.3) is 0 Å². The van der Waals surface area contributed by atoms with Crippen molar-refractivity contribution in [1.29, 1.82) is 5.26 Å². The van der Waals surface area contributed by atoms with E-state index >= 15 is 0 Å². The molecule has 0 amide bonds. The Kier molecular flexibility index (Phi) is 5.45. The van der Waals surface area contributed by atoms with Crippen LogP contribution in [0.1, 0.15) is 12.6 Å². The third-order valence-corrected chi connectivity index (χ3v) is 3.75. The number of benzene rings is 1. The Morgan fingerprint density at radius 1 is 1.41 bits per heavy atom. The maximum Gasteiger partial charge on any atom is 0.348 e. The number of nitrogens with zero attached hydrogens (tertiary/aromatic N) is 2. The predicted octanol–water partition coefficient (Wildman–Crippen LogP) is 3.67. The van der Waals surface area contributed by atoms with Gasteiger partial charge >= 0.3 is 5.97 Å². The van der Waals surface area contributed by atoms with Crippen molar-refractivity contribution in [3.8, 4) is 11.8 Å². The van der Waals surface area contributed by atoms with Crippen LogP contribution in [0.2, 0.25) is 0 Å². The lowest BCUT2D eigenvalue weighted by Crippen LogP contribution is -2.06. The molecule has 0 N–H and O–H groups in total. The molecule has 0 bridgehead atoms. The van der Waals surface area contributed by atoms with Gasteiger partial charge in [0.15, 0.2) is 0 Å². The molecule has 0 fully saturated rings. The summed E-state index contributed by atoms with van der Waals surface area (Å²) in [7, 11) is 0. The van der Waals surface area contributed by atoms with Crippen molar-refractivity contribution in [2.75, 3.05) is 12.9 Å². The summed E-state index contributed by atoms with van der Waals surface area (Å²) < 4.78 is 6.81. The number of nitriles is 1. The Labute approximate surface area is 134 Å². The largest absolute Gasteiger partial charge is 0.462 e. The van der Waals surface area contributed by atoms with E-state index in [4.69, 9.17) is 10.00 Å². The molecule has 112 valence electrons. The van der Waals surface area contributed by atoms with Gasteiger partial charge in [0.2, 0.25) is 0 Å². The summed E-state index contributed by atoms with van der Waals surface area (Å²) in [6.45, 7) is 1.96. The number of rotatable bonds is 5. The molecule has 0 aliphatic rings. The van der Waals surface area contributed by atoms with Gasteiger partial charge in [-0.15, -0.1) is 11.8 Å². The van der Waals surface area contributed by atoms with E-state index < -0.39 is 5.97 Å². The van der Waals surface area contributed by atoms with Crippen LogP contribution >= 0.6 is 11.8 Å². The lowest BCUT2D eigenvalue weighted by Gasteiger charge is -2.08. The molecule has 0 unspecified atom stereocenters. The number of carbonyl (C=O) groups is 1. The van der Waals surface area contributed by atoms with Gasteiger partial charge in [-0.05, 0) is 49.6 Å². The highest BCUT2D eigenvalue weighted by Gasteiger charge is 2.11. The standard InChI is InChI=1S/C17H16N2O2S/c1-3-21-17(20)13(12-18)10-14-7-5-9-19(14)15-6-4-8-16(11-15)22-2/h4-11H,3H2,1-2H3/b13-10-. The number of carbonyl (C=O) groups excluding carboxylic acids is 1. The minimum Gasteiger partial charge on any atom is -0.462 e. The fourth-order valence-electron chi connectivity index (χ4n) is 2.00. The summed E-state index contributed by atoms with van der Waals surface area (Å²) in [5.74, 6) is -0.601. The van der Waals surface area contributed by atoms with E-state index in [1.54, 1.807) is 24.8 Å². The van der Waals surface area contributed by atoms with E-state index in [1.165, 1.54) is 0 Å². The highest BCUT2D eigenvalue weighted by atomic mass is 32.2. The molecule has 22 heavy (non-hydrogen) atoms. The van der Waals surface area contributed by atoms with Gasteiger partial charge in [0.05, 0.1) is 6.61 Å². The lowest BCUT2D eigenvalue weighted by molar-refractivity contribution is -0.137. The Bertz CT molecular complexity index is 741.